The summed E-state index contributed by atoms with van der Waals surface area (Å²) in [4.78, 5) is 26.8. The summed E-state index contributed by atoms with van der Waals surface area (Å²) in [6.45, 7) is 3.36. The van der Waals surface area contributed by atoms with Crippen molar-refractivity contribution in [1.82, 2.24) is 10.5 Å². The molecular formula is C20H20N6O3. The highest BCUT2D eigenvalue weighted by Gasteiger charge is 2.11. The largest absolute Gasteiger partial charge is 0.366 e. The highest BCUT2D eigenvalue weighted by molar-refractivity contribution is 6.07. The van der Waals surface area contributed by atoms with Gasteiger partial charge in [0, 0.05) is 22.2 Å². The quantitative estimate of drug-likeness (QED) is 0.258. The van der Waals surface area contributed by atoms with Gasteiger partial charge in [-0.25, -0.2) is 0 Å². The number of benzene rings is 2. The monoisotopic (exact) mass is 392 g/mol. The van der Waals surface area contributed by atoms with E-state index in [1.165, 1.54) is 0 Å². The van der Waals surface area contributed by atoms with Gasteiger partial charge in [-0.1, -0.05) is 12.1 Å². The zero-order valence-electron chi connectivity index (χ0n) is 15.9. The lowest BCUT2D eigenvalue weighted by Gasteiger charge is -2.05. The number of hydrogen-bond acceptors (Lipinski definition) is 5. The van der Waals surface area contributed by atoms with E-state index in [0.29, 0.717) is 22.7 Å². The van der Waals surface area contributed by atoms with E-state index >= 15 is 0 Å². The van der Waals surface area contributed by atoms with E-state index in [1.807, 2.05) is 5.48 Å². The molecule has 0 atom stereocenters. The molecule has 0 fully saturated rings. The van der Waals surface area contributed by atoms with Crippen LogP contribution in [-0.4, -0.2) is 33.6 Å². The van der Waals surface area contributed by atoms with Crippen LogP contribution in [0.2, 0.25) is 0 Å². The number of nitrogens with zero attached hydrogens (tertiary/aromatic N) is 2. The number of hydrogen-bond donors (Lipinski definition) is 5. The van der Waals surface area contributed by atoms with Crippen molar-refractivity contribution < 1.29 is 14.8 Å². The second-order valence-corrected chi connectivity index (χ2v) is 6.36. The Labute approximate surface area is 166 Å². The van der Waals surface area contributed by atoms with Crippen molar-refractivity contribution in [2.75, 3.05) is 5.32 Å². The van der Waals surface area contributed by atoms with Crippen molar-refractivity contribution in [3.8, 4) is 0 Å². The van der Waals surface area contributed by atoms with Crippen molar-refractivity contribution in [2.45, 2.75) is 13.8 Å². The van der Waals surface area contributed by atoms with Gasteiger partial charge in [0.05, 0.1) is 5.71 Å². The first-order valence-electron chi connectivity index (χ1n) is 8.70. The molecule has 148 valence electrons. The van der Waals surface area contributed by atoms with Gasteiger partial charge >= 0.3 is 0 Å². The molecule has 0 radical (unpaired) electrons. The topological polar surface area (TPSA) is 145 Å². The Balaban J connectivity index is 1.74. The second kappa shape index (κ2) is 8.36. The molecule has 0 saturated heterocycles. The van der Waals surface area contributed by atoms with Crippen molar-refractivity contribution in [2.24, 2.45) is 15.9 Å². The van der Waals surface area contributed by atoms with Crippen LogP contribution >= 0.6 is 0 Å². The minimum absolute atomic E-state index is 0.273. The summed E-state index contributed by atoms with van der Waals surface area (Å²) in [5, 5.41) is 20.0. The Morgan fingerprint density at radius 2 is 1.69 bits per heavy atom. The minimum atomic E-state index is -0.522. The van der Waals surface area contributed by atoms with Gasteiger partial charge in [0.1, 0.15) is 11.5 Å². The first-order valence-corrected chi connectivity index (χ1v) is 8.70. The molecule has 0 aliphatic rings. The number of H-pyrrole nitrogens is 1. The van der Waals surface area contributed by atoms with Gasteiger partial charge in [-0.05, 0) is 55.8 Å². The molecular weight excluding hydrogens is 372 g/mol. The number of carbonyl (C=O) groups is 2. The molecule has 1 heterocycles. The van der Waals surface area contributed by atoms with Gasteiger partial charge in [0.2, 0.25) is 5.91 Å². The summed E-state index contributed by atoms with van der Waals surface area (Å²) in [6, 6.07) is 13.7. The van der Waals surface area contributed by atoms with Gasteiger partial charge in [-0.15, -0.1) is 5.10 Å². The third kappa shape index (κ3) is 4.66. The van der Waals surface area contributed by atoms with E-state index in [4.69, 9.17) is 10.9 Å². The van der Waals surface area contributed by atoms with Crippen molar-refractivity contribution in [3.63, 3.8) is 0 Å². The Bertz CT molecular complexity index is 1130. The Morgan fingerprint density at radius 3 is 2.34 bits per heavy atom. The Kier molecular flexibility index (Phi) is 5.70. The summed E-state index contributed by atoms with van der Waals surface area (Å²) in [7, 11) is 0. The maximum atomic E-state index is 12.5. The molecule has 0 aliphatic carbocycles. The zero-order valence-corrected chi connectivity index (χ0v) is 15.9. The van der Waals surface area contributed by atoms with Crippen LogP contribution in [-0.2, 0) is 0 Å². The van der Waals surface area contributed by atoms with Crippen LogP contribution < -0.4 is 16.5 Å². The summed E-state index contributed by atoms with van der Waals surface area (Å²) >= 11 is 0. The van der Waals surface area contributed by atoms with Crippen LogP contribution in [0.4, 0.5) is 5.69 Å². The number of nitrogens with one attached hydrogen (secondary N) is 3. The summed E-state index contributed by atoms with van der Waals surface area (Å²) < 4.78 is 0. The van der Waals surface area contributed by atoms with Crippen LogP contribution in [0.5, 0.6) is 0 Å². The average Bonchev–Trinajstić information content (AvgIpc) is 3.15. The maximum Gasteiger partial charge on any atom is 0.272 e. The highest BCUT2D eigenvalue weighted by atomic mass is 16.5. The number of aromatic amines is 1. The number of rotatable bonds is 5. The van der Waals surface area contributed by atoms with Crippen LogP contribution in [0.1, 0.15) is 40.3 Å². The van der Waals surface area contributed by atoms with E-state index in [9.17, 15) is 9.59 Å². The first kappa shape index (κ1) is 19.8. The smallest absolute Gasteiger partial charge is 0.272 e. The van der Waals surface area contributed by atoms with E-state index in [1.54, 1.807) is 62.4 Å². The molecule has 0 unspecified atom stereocenters. The van der Waals surface area contributed by atoms with Crippen LogP contribution in [0.3, 0.4) is 0 Å². The molecule has 3 rings (SSSR count). The molecule has 9 heteroatoms. The predicted octanol–water partition coefficient (Wildman–Crippen LogP) is 2.64. The molecule has 9 nitrogen and oxygen atoms in total. The molecule has 2 aromatic carbocycles. The van der Waals surface area contributed by atoms with Crippen LogP contribution in [0.25, 0.3) is 10.9 Å². The fourth-order valence-corrected chi connectivity index (χ4v) is 2.63. The summed E-state index contributed by atoms with van der Waals surface area (Å²) in [5.41, 5.74) is 10.8. The number of anilines is 1. The van der Waals surface area contributed by atoms with Gasteiger partial charge in [0.15, 0.2) is 0 Å². The van der Waals surface area contributed by atoms with E-state index in [0.717, 1.165) is 16.5 Å². The normalized spacial score (nSPS) is 12.1. The third-order valence-corrected chi connectivity index (χ3v) is 4.22. The fraction of sp³-hybridized carbons (Fsp3) is 0.100. The molecule has 6 N–H and O–H groups in total. The molecule has 29 heavy (non-hydrogen) atoms. The molecule has 0 bridgehead atoms. The number of hydroxylamine groups is 1. The second-order valence-electron chi connectivity index (χ2n) is 6.36. The third-order valence-electron chi connectivity index (χ3n) is 4.22. The molecule has 0 spiro atoms. The number of aromatic nitrogens is 1. The first-order chi connectivity index (χ1) is 13.9. The van der Waals surface area contributed by atoms with Gasteiger partial charge in [0.25, 0.3) is 5.91 Å². The number of primary amides is 1. The predicted molar refractivity (Wildman–Crippen MR) is 111 cm³/mol. The van der Waals surface area contributed by atoms with E-state index < -0.39 is 5.91 Å². The van der Waals surface area contributed by atoms with Crippen LogP contribution in [0.15, 0.2) is 58.7 Å². The minimum Gasteiger partial charge on any atom is -0.366 e. The van der Waals surface area contributed by atoms with Gasteiger partial charge in [-0.3, -0.25) is 20.3 Å². The van der Waals surface area contributed by atoms with E-state index in [-0.39, 0.29) is 11.7 Å². The summed E-state index contributed by atoms with van der Waals surface area (Å²) in [6.07, 6.45) is 0. The van der Waals surface area contributed by atoms with Gasteiger partial charge in [-0.2, -0.15) is 5.10 Å². The van der Waals surface area contributed by atoms with Crippen LogP contribution in [0, 0.1) is 0 Å². The number of nitrogens with two attached hydrogens (primary N) is 1. The van der Waals surface area contributed by atoms with Crippen molar-refractivity contribution in [3.05, 3.63) is 65.4 Å². The Hall–Kier alpha value is -3.98. The maximum absolute atomic E-state index is 12.5. The number of amidine groups is 1. The highest BCUT2D eigenvalue weighted by Crippen LogP contribution is 2.19. The number of carbonyl (C=O) groups excluding carboxylic acids is 2. The lowest BCUT2D eigenvalue weighted by molar-refractivity contribution is 0.0997. The molecule has 1 aromatic heterocycles. The lowest BCUT2D eigenvalue weighted by Crippen LogP contribution is -2.14. The summed E-state index contributed by atoms with van der Waals surface area (Å²) in [5.74, 6) is -0.560. The standard InChI is InChI=1S/C20H20N6O3/c1-11(24-25-12(2)26-29)13-3-6-16(7-4-13)22-20(28)18-10-15-9-14(19(21)27)5-8-17(15)23-18/h3-10,23,29H,1-2H3,(H2,21,27)(H,22,28)(H,25,26)/b24-11+. The van der Waals surface area contributed by atoms with Gasteiger partial charge < -0.3 is 16.0 Å². The zero-order chi connectivity index (χ0) is 21.0. The SMILES string of the molecule is CC(=N/N=C(\C)c1ccc(NC(=O)c2cc3cc(C(N)=O)ccc3[nH]2)cc1)NO. The molecule has 2 amide bonds. The average molecular weight is 392 g/mol. The van der Waals surface area contributed by atoms with Crippen molar-refractivity contribution in [1.29, 1.82) is 0 Å². The molecule has 0 saturated carbocycles. The van der Waals surface area contributed by atoms with E-state index in [2.05, 4.69) is 20.5 Å². The number of amides is 2. The fourth-order valence-electron chi connectivity index (χ4n) is 2.63. The molecule has 3 aromatic rings. The lowest BCUT2D eigenvalue weighted by atomic mass is 10.1. The van der Waals surface area contributed by atoms with Crippen molar-refractivity contribution >= 4 is 40.0 Å². The number of fused-ring (bicyclic) bond motifs is 1. The molecule has 0 aliphatic heterocycles. The Morgan fingerprint density at radius 1 is 1.00 bits per heavy atom.